The number of rotatable bonds is 7. The molecule has 10 heteroatoms. The highest BCUT2D eigenvalue weighted by atomic mass is 32.2. The SMILES string of the molecule is Cc1ccc(-c2nnc(SCC(=O)NN=Cc3ccco3)n2-c2ccc3c(c2)OCO3)cc1. The average molecular weight is 462 g/mol. The van der Waals surface area contributed by atoms with Gasteiger partial charge in [0.25, 0.3) is 5.91 Å². The fraction of sp³-hybridized carbons (Fsp3) is 0.130. The van der Waals surface area contributed by atoms with Crippen molar-refractivity contribution in [1.82, 2.24) is 20.2 Å². The first-order valence-electron chi connectivity index (χ1n) is 10.1. The predicted molar refractivity (Wildman–Crippen MR) is 123 cm³/mol. The molecule has 9 nitrogen and oxygen atoms in total. The maximum Gasteiger partial charge on any atom is 0.250 e. The van der Waals surface area contributed by atoms with Crippen LogP contribution in [-0.4, -0.2) is 39.4 Å². The van der Waals surface area contributed by atoms with Crippen LogP contribution in [-0.2, 0) is 4.79 Å². The van der Waals surface area contributed by atoms with Gasteiger partial charge in [-0.25, -0.2) is 5.43 Å². The Morgan fingerprint density at radius 2 is 2.00 bits per heavy atom. The average Bonchev–Trinajstić information content (AvgIpc) is 3.58. The number of hydrogen-bond acceptors (Lipinski definition) is 8. The molecule has 33 heavy (non-hydrogen) atoms. The van der Waals surface area contributed by atoms with Crippen LogP contribution in [0.1, 0.15) is 11.3 Å². The lowest BCUT2D eigenvalue weighted by Crippen LogP contribution is -2.19. The highest BCUT2D eigenvalue weighted by Gasteiger charge is 2.20. The summed E-state index contributed by atoms with van der Waals surface area (Å²) >= 11 is 1.26. The van der Waals surface area contributed by atoms with E-state index in [2.05, 4.69) is 20.7 Å². The minimum atomic E-state index is -0.278. The van der Waals surface area contributed by atoms with Crippen molar-refractivity contribution in [3.05, 3.63) is 72.2 Å². The Bertz CT molecular complexity index is 1300. The Morgan fingerprint density at radius 1 is 1.15 bits per heavy atom. The molecule has 0 saturated carbocycles. The quantitative estimate of drug-likeness (QED) is 0.254. The molecule has 1 aliphatic heterocycles. The lowest BCUT2D eigenvalue weighted by molar-refractivity contribution is -0.118. The first-order valence-corrected chi connectivity index (χ1v) is 11.1. The number of fused-ring (bicyclic) bond motifs is 1. The standard InChI is InChI=1S/C23H19N5O4S/c1-15-4-6-16(7-5-15)22-26-27-23(28(22)17-8-9-19-20(11-17)32-14-31-19)33-13-21(29)25-24-12-18-3-2-10-30-18/h2-12H,13-14H2,1H3,(H,25,29). The molecule has 4 aromatic rings. The van der Waals surface area contributed by atoms with Gasteiger partial charge in [0.2, 0.25) is 6.79 Å². The van der Waals surface area contributed by atoms with Crippen LogP contribution in [0, 0.1) is 6.92 Å². The van der Waals surface area contributed by atoms with Crippen molar-refractivity contribution in [3.8, 4) is 28.6 Å². The first-order chi connectivity index (χ1) is 16.2. The molecule has 5 rings (SSSR count). The van der Waals surface area contributed by atoms with Crippen LogP contribution in [0.25, 0.3) is 17.1 Å². The third kappa shape index (κ3) is 4.60. The van der Waals surface area contributed by atoms with Gasteiger partial charge in [-0.1, -0.05) is 41.6 Å². The summed E-state index contributed by atoms with van der Waals surface area (Å²) in [5.41, 5.74) is 5.34. The highest BCUT2D eigenvalue weighted by Crippen LogP contribution is 2.36. The molecule has 0 aliphatic carbocycles. The summed E-state index contributed by atoms with van der Waals surface area (Å²) in [5, 5.41) is 13.2. The van der Waals surface area contributed by atoms with Crippen LogP contribution in [0.5, 0.6) is 11.5 Å². The van der Waals surface area contributed by atoms with E-state index in [9.17, 15) is 4.79 Å². The van der Waals surface area contributed by atoms with E-state index in [-0.39, 0.29) is 18.5 Å². The number of hydrogen-bond donors (Lipinski definition) is 1. The number of furan rings is 1. The smallest absolute Gasteiger partial charge is 0.250 e. The number of aromatic nitrogens is 3. The summed E-state index contributed by atoms with van der Waals surface area (Å²) in [4.78, 5) is 12.3. The van der Waals surface area contributed by atoms with Crippen LogP contribution in [0.2, 0.25) is 0 Å². The fourth-order valence-electron chi connectivity index (χ4n) is 3.21. The van der Waals surface area contributed by atoms with Crippen LogP contribution in [0.4, 0.5) is 0 Å². The zero-order chi connectivity index (χ0) is 22.6. The lowest BCUT2D eigenvalue weighted by atomic mass is 10.1. The van der Waals surface area contributed by atoms with Gasteiger partial charge in [-0.05, 0) is 31.2 Å². The number of carbonyl (C=O) groups excluding carboxylic acids is 1. The van der Waals surface area contributed by atoms with Gasteiger partial charge in [-0.2, -0.15) is 5.10 Å². The largest absolute Gasteiger partial charge is 0.463 e. The second kappa shape index (κ2) is 9.21. The molecular weight excluding hydrogens is 442 g/mol. The van der Waals surface area contributed by atoms with Gasteiger partial charge in [0.1, 0.15) is 5.76 Å². The van der Waals surface area contributed by atoms with Crippen LogP contribution in [0.3, 0.4) is 0 Å². The Morgan fingerprint density at radius 3 is 2.82 bits per heavy atom. The molecule has 0 bridgehead atoms. The van der Waals surface area contributed by atoms with Crippen LogP contribution >= 0.6 is 11.8 Å². The second-order valence-electron chi connectivity index (χ2n) is 7.14. The molecule has 2 aromatic heterocycles. The number of amides is 1. The fourth-order valence-corrected chi connectivity index (χ4v) is 3.95. The third-order valence-corrected chi connectivity index (χ3v) is 5.74. The Hall–Kier alpha value is -4.05. The zero-order valence-electron chi connectivity index (χ0n) is 17.6. The molecular formula is C23H19N5O4S. The van der Waals surface area contributed by atoms with Gasteiger partial charge in [-0.3, -0.25) is 9.36 Å². The van der Waals surface area contributed by atoms with Crippen molar-refractivity contribution < 1.29 is 18.7 Å². The molecule has 2 aromatic carbocycles. The minimum Gasteiger partial charge on any atom is -0.463 e. The maximum atomic E-state index is 12.3. The van der Waals surface area contributed by atoms with E-state index in [1.807, 2.05) is 54.0 Å². The first kappa shape index (κ1) is 20.8. The van der Waals surface area contributed by atoms with Crippen molar-refractivity contribution in [3.63, 3.8) is 0 Å². The molecule has 0 saturated heterocycles. The zero-order valence-corrected chi connectivity index (χ0v) is 18.4. The molecule has 0 fully saturated rings. The van der Waals surface area contributed by atoms with Crippen LogP contribution < -0.4 is 14.9 Å². The van der Waals surface area contributed by atoms with Crippen molar-refractivity contribution in [2.75, 3.05) is 12.5 Å². The van der Waals surface area contributed by atoms with Crippen molar-refractivity contribution >= 4 is 23.9 Å². The highest BCUT2D eigenvalue weighted by molar-refractivity contribution is 7.99. The Kier molecular flexibility index (Phi) is 5.81. The number of nitrogens with zero attached hydrogens (tertiary/aromatic N) is 4. The summed E-state index contributed by atoms with van der Waals surface area (Å²) in [6.07, 6.45) is 2.97. The van der Waals surface area contributed by atoms with Crippen LogP contribution in [0.15, 0.2) is 75.5 Å². The van der Waals surface area contributed by atoms with E-state index >= 15 is 0 Å². The Labute approximate surface area is 193 Å². The van der Waals surface area contributed by atoms with E-state index in [1.165, 1.54) is 24.2 Å². The second-order valence-corrected chi connectivity index (χ2v) is 8.08. The van der Waals surface area contributed by atoms with E-state index in [0.29, 0.717) is 28.2 Å². The van der Waals surface area contributed by atoms with Gasteiger partial charge in [0, 0.05) is 11.6 Å². The Balaban J connectivity index is 1.40. The summed E-state index contributed by atoms with van der Waals surface area (Å²) in [7, 11) is 0. The minimum absolute atomic E-state index is 0.103. The summed E-state index contributed by atoms with van der Waals surface area (Å²) in [6, 6.07) is 17.1. The number of hydrazone groups is 1. The number of thioether (sulfide) groups is 1. The van der Waals surface area contributed by atoms with E-state index in [4.69, 9.17) is 13.9 Å². The van der Waals surface area contributed by atoms with Gasteiger partial charge in [0.15, 0.2) is 22.5 Å². The molecule has 3 heterocycles. The monoisotopic (exact) mass is 461 g/mol. The van der Waals surface area contributed by atoms with E-state index < -0.39 is 0 Å². The number of aryl methyl sites for hydroxylation is 1. The summed E-state index contributed by atoms with van der Waals surface area (Å²) in [5.74, 6) is 2.37. The maximum absolute atomic E-state index is 12.3. The molecule has 1 N–H and O–H groups in total. The van der Waals surface area contributed by atoms with Crippen molar-refractivity contribution in [1.29, 1.82) is 0 Å². The predicted octanol–water partition coefficient (Wildman–Crippen LogP) is 3.81. The third-order valence-electron chi connectivity index (χ3n) is 4.81. The molecule has 1 amide bonds. The van der Waals surface area contributed by atoms with Gasteiger partial charge in [-0.15, -0.1) is 10.2 Å². The summed E-state index contributed by atoms with van der Waals surface area (Å²) < 4.78 is 18.0. The molecule has 0 spiro atoms. The van der Waals surface area contributed by atoms with Gasteiger partial charge < -0.3 is 13.9 Å². The number of ether oxygens (including phenoxy) is 2. The molecule has 0 atom stereocenters. The molecule has 0 radical (unpaired) electrons. The van der Waals surface area contributed by atoms with Gasteiger partial charge in [0.05, 0.1) is 23.9 Å². The number of benzene rings is 2. The molecule has 1 aliphatic rings. The normalized spacial score (nSPS) is 12.4. The van der Waals surface area contributed by atoms with Crippen molar-refractivity contribution in [2.24, 2.45) is 5.10 Å². The summed E-state index contributed by atoms with van der Waals surface area (Å²) in [6.45, 7) is 2.21. The topological polar surface area (TPSA) is 104 Å². The molecule has 0 unspecified atom stereocenters. The number of nitrogens with one attached hydrogen (secondary N) is 1. The lowest BCUT2D eigenvalue weighted by Gasteiger charge is -2.11. The van der Waals surface area contributed by atoms with Crippen molar-refractivity contribution in [2.45, 2.75) is 12.1 Å². The van der Waals surface area contributed by atoms with E-state index in [0.717, 1.165) is 16.8 Å². The van der Waals surface area contributed by atoms with Gasteiger partial charge >= 0.3 is 0 Å². The number of carbonyl (C=O) groups is 1. The molecule has 166 valence electrons. The van der Waals surface area contributed by atoms with E-state index in [1.54, 1.807) is 12.1 Å².